The number of carbonyl (C=O) groups is 1. The molecule has 4 atom stereocenters. The molecule has 4 saturated carbocycles. The van der Waals surface area contributed by atoms with Crippen molar-refractivity contribution < 1.29 is 24.1 Å². The zero-order chi connectivity index (χ0) is 43.9. The predicted molar refractivity (Wildman–Crippen MR) is 254 cm³/mol. The van der Waals surface area contributed by atoms with E-state index < -0.39 is 0 Å². The molecule has 0 saturated heterocycles. The highest BCUT2D eigenvalue weighted by molar-refractivity contribution is 5.75. The largest absolute Gasteiger partial charge is 0.508 e. The molecule has 4 bridgehead atoms. The first-order valence-corrected chi connectivity index (χ1v) is 23.6. The standard InChI is InChI=1S/C29H38O2.C18H20O2.C10H14O/c1-3-21(2)26-9-11-27(12-10-26)31-28(30-14-13-22-7-5-4-6-8-22)29-18-23-15-24(19-29)17-25(16-23)20-29;1-3-14(2)16-9-11-17(12-10-16)20-18(19)13-15-7-5-4-6-8-15;1-3-8(2)9-4-6-10(11)7-5-9/h4-12,21,23-25,28H,3,13-20H2,1-2H3;4-12,14H,3,13H2,1-2H3;4-8,11H,3H2,1-2H3. The lowest BCUT2D eigenvalue weighted by atomic mass is 9.49. The number of rotatable bonds is 16. The fourth-order valence-corrected chi connectivity index (χ4v) is 10.0. The lowest BCUT2D eigenvalue weighted by molar-refractivity contribution is -0.214. The normalized spacial score (nSPS) is 21.5. The molecule has 0 amide bonds. The molecule has 5 nitrogen and oxygen atoms in total. The highest BCUT2D eigenvalue weighted by Gasteiger charge is 2.56. The van der Waals surface area contributed by atoms with Crippen molar-refractivity contribution in [2.24, 2.45) is 23.2 Å². The Bertz CT molecular complexity index is 2010. The third-order valence-electron chi connectivity index (χ3n) is 14.0. The van der Waals surface area contributed by atoms with Gasteiger partial charge in [0.15, 0.2) is 0 Å². The van der Waals surface area contributed by atoms with Gasteiger partial charge in [-0.3, -0.25) is 4.79 Å². The van der Waals surface area contributed by atoms with Gasteiger partial charge in [0.05, 0.1) is 13.0 Å². The molecule has 9 rings (SSSR count). The first-order valence-electron chi connectivity index (χ1n) is 23.6. The van der Waals surface area contributed by atoms with Gasteiger partial charge in [0.25, 0.3) is 0 Å². The average molecular weight is 837 g/mol. The second-order valence-electron chi connectivity index (χ2n) is 18.6. The molecule has 0 aromatic heterocycles. The molecule has 0 radical (unpaired) electrons. The molecular formula is C57H72O5. The summed E-state index contributed by atoms with van der Waals surface area (Å²) in [5, 5.41) is 9.01. The summed E-state index contributed by atoms with van der Waals surface area (Å²) < 4.78 is 18.6. The van der Waals surface area contributed by atoms with Crippen molar-refractivity contribution in [3.63, 3.8) is 0 Å². The summed E-state index contributed by atoms with van der Waals surface area (Å²) >= 11 is 0. The number of ether oxygens (including phenoxy) is 3. The van der Waals surface area contributed by atoms with Crippen LogP contribution in [0.25, 0.3) is 0 Å². The fourth-order valence-electron chi connectivity index (χ4n) is 10.0. The molecule has 4 unspecified atom stereocenters. The second kappa shape index (κ2) is 23.0. The highest BCUT2D eigenvalue weighted by atomic mass is 16.7. The number of esters is 1. The van der Waals surface area contributed by atoms with E-state index in [0.29, 0.717) is 35.7 Å². The second-order valence-corrected chi connectivity index (χ2v) is 18.6. The fraction of sp³-hybridized carbons (Fsp3) is 0.456. The molecule has 5 heteroatoms. The summed E-state index contributed by atoms with van der Waals surface area (Å²) in [4.78, 5) is 11.8. The molecule has 0 aliphatic heterocycles. The number of benzene rings is 5. The third kappa shape index (κ3) is 13.3. The maximum Gasteiger partial charge on any atom is 0.315 e. The SMILES string of the molecule is CCC(C)c1ccc(O)cc1.CCC(C)c1ccc(OC(=O)Cc2ccccc2)cc1.CCC(C)c1ccc(OC(OCCc2ccccc2)C23CC4CC(CC(C4)C2)C3)cc1. The van der Waals surface area contributed by atoms with E-state index in [1.165, 1.54) is 67.2 Å². The molecular weight excluding hydrogens is 765 g/mol. The van der Waals surface area contributed by atoms with Gasteiger partial charge in [0.2, 0.25) is 6.29 Å². The van der Waals surface area contributed by atoms with E-state index in [9.17, 15) is 4.79 Å². The van der Waals surface area contributed by atoms with Crippen molar-refractivity contribution in [3.8, 4) is 17.2 Å². The first-order chi connectivity index (χ1) is 30.1. The zero-order valence-corrected chi connectivity index (χ0v) is 38.3. The van der Waals surface area contributed by atoms with Gasteiger partial charge in [-0.1, -0.05) is 139 Å². The van der Waals surface area contributed by atoms with Crippen LogP contribution in [0.3, 0.4) is 0 Å². The Morgan fingerprint density at radius 3 is 1.45 bits per heavy atom. The number of hydrogen-bond acceptors (Lipinski definition) is 5. The number of phenols is 1. The van der Waals surface area contributed by atoms with Gasteiger partial charge < -0.3 is 19.3 Å². The number of carbonyl (C=O) groups excluding carboxylic acids is 1. The molecule has 4 aliphatic carbocycles. The molecule has 5 aromatic carbocycles. The molecule has 4 fully saturated rings. The summed E-state index contributed by atoms with van der Waals surface area (Å²) in [7, 11) is 0. The summed E-state index contributed by atoms with van der Waals surface area (Å²) in [6, 6.07) is 44.3. The van der Waals surface area contributed by atoms with Crippen LogP contribution in [0.5, 0.6) is 17.2 Å². The molecule has 5 aromatic rings. The number of aromatic hydroxyl groups is 1. The Balaban J connectivity index is 0.000000177. The van der Waals surface area contributed by atoms with E-state index in [1.54, 1.807) is 12.1 Å². The number of phenolic OH excluding ortho intramolecular Hbond substituents is 1. The van der Waals surface area contributed by atoms with Crippen molar-refractivity contribution in [1.82, 2.24) is 0 Å². The van der Waals surface area contributed by atoms with Crippen LogP contribution in [0.4, 0.5) is 0 Å². The lowest BCUT2D eigenvalue weighted by Gasteiger charge is -2.58. The quantitative estimate of drug-likeness (QED) is 0.0609. The minimum absolute atomic E-state index is 0.126. The molecule has 62 heavy (non-hydrogen) atoms. The smallest absolute Gasteiger partial charge is 0.315 e. The van der Waals surface area contributed by atoms with Crippen molar-refractivity contribution in [3.05, 3.63) is 161 Å². The van der Waals surface area contributed by atoms with E-state index >= 15 is 0 Å². The minimum atomic E-state index is -0.229. The zero-order valence-electron chi connectivity index (χ0n) is 38.3. The van der Waals surface area contributed by atoms with E-state index in [-0.39, 0.29) is 17.7 Å². The van der Waals surface area contributed by atoms with Crippen LogP contribution < -0.4 is 9.47 Å². The van der Waals surface area contributed by atoms with Crippen LogP contribution in [-0.4, -0.2) is 24.0 Å². The summed E-state index contributed by atoms with van der Waals surface area (Å²) in [5.74, 6) is 6.08. The Morgan fingerprint density at radius 1 is 0.581 bits per heavy atom. The highest BCUT2D eigenvalue weighted by Crippen LogP contribution is 2.62. The van der Waals surface area contributed by atoms with Gasteiger partial charge >= 0.3 is 5.97 Å². The van der Waals surface area contributed by atoms with E-state index in [4.69, 9.17) is 19.3 Å². The molecule has 0 spiro atoms. The molecule has 4 aliphatic rings. The van der Waals surface area contributed by atoms with E-state index in [0.717, 1.165) is 54.9 Å². The topological polar surface area (TPSA) is 65.0 Å². The Hall–Kier alpha value is -4.87. The van der Waals surface area contributed by atoms with Crippen LogP contribution in [-0.2, 0) is 22.4 Å². The van der Waals surface area contributed by atoms with Crippen molar-refractivity contribution in [1.29, 1.82) is 0 Å². The van der Waals surface area contributed by atoms with Crippen molar-refractivity contribution >= 4 is 5.97 Å². The van der Waals surface area contributed by atoms with Gasteiger partial charge in [0, 0.05) is 5.41 Å². The molecule has 0 heterocycles. The minimum Gasteiger partial charge on any atom is -0.508 e. The van der Waals surface area contributed by atoms with Crippen LogP contribution in [0.15, 0.2) is 133 Å². The van der Waals surface area contributed by atoms with Crippen LogP contribution >= 0.6 is 0 Å². The molecule has 1 N–H and O–H groups in total. The predicted octanol–water partition coefficient (Wildman–Crippen LogP) is 14.6. The Kier molecular flexibility index (Phi) is 17.3. The average Bonchev–Trinajstić information content (AvgIpc) is 3.29. The molecule has 330 valence electrons. The van der Waals surface area contributed by atoms with Gasteiger partial charge in [-0.2, -0.15) is 0 Å². The van der Waals surface area contributed by atoms with Crippen molar-refractivity contribution in [2.45, 2.75) is 136 Å². The van der Waals surface area contributed by atoms with E-state index in [2.05, 4.69) is 96.1 Å². The Labute approximate surface area is 373 Å². The maximum atomic E-state index is 11.8. The summed E-state index contributed by atoms with van der Waals surface area (Å²) in [6.45, 7) is 14.0. The van der Waals surface area contributed by atoms with E-state index in [1.807, 2.05) is 66.7 Å². The first kappa shape index (κ1) is 46.6. The Morgan fingerprint density at radius 2 is 1.00 bits per heavy atom. The maximum absolute atomic E-state index is 11.8. The summed E-state index contributed by atoms with van der Waals surface area (Å²) in [5.41, 5.74) is 6.48. The lowest BCUT2D eigenvalue weighted by Crippen LogP contribution is -2.54. The van der Waals surface area contributed by atoms with Gasteiger partial charge in [-0.25, -0.2) is 0 Å². The van der Waals surface area contributed by atoms with Crippen LogP contribution in [0, 0.1) is 23.2 Å². The summed E-state index contributed by atoms with van der Waals surface area (Å²) in [6.07, 6.45) is 12.7. The van der Waals surface area contributed by atoms with Crippen LogP contribution in [0.1, 0.15) is 145 Å². The van der Waals surface area contributed by atoms with Crippen molar-refractivity contribution in [2.75, 3.05) is 6.61 Å². The van der Waals surface area contributed by atoms with Gasteiger partial charge in [0.1, 0.15) is 17.2 Å². The van der Waals surface area contributed by atoms with Gasteiger partial charge in [-0.05, 0) is 164 Å². The van der Waals surface area contributed by atoms with Gasteiger partial charge in [-0.15, -0.1) is 0 Å². The van der Waals surface area contributed by atoms with Crippen LogP contribution in [0.2, 0.25) is 0 Å². The monoisotopic (exact) mass is 837 g/mol. The number of hydrogen-bond donors (Lipinski definition) is 1. The third-order valence-corrected chi connectivity index (χ3v) is 14.0.